The first-order valence-corrected chi connectivity index (χ1v) is 5.95. The van der Waals surface area contributed by atoms with E-state index in [1.165, 1.54) is 12.1 Å². The van der Waals surface area contributed by atoms with E-state index in [1.807, 2.05) is 0 Å². The molecule has 2 nitrogen and oxygen atoms in total. The molecule has 1 N–H and O–H groups in total. The summed E-state index contributed by atoms with van der Waals surface area (Å²) in [5, 5.41) is 10.0. The topological polar surface area (TPSA) is 29.5 Å². The maximum atomic E-state index is 12.4. The maximum absolute atomic E-state index is 12.4. The lowest BCUT2D eigenvalue weighted by atomic mass is 9.97. The van der Waals surface area contributed by atoms with Gasteiger partial charge in [0.05, 0.1) is 11.7 Å². The molecule has 100 valence electrons. The third-order valence-electron chi connectivity index (χ3n) is 3.15. The molecule has 1 fully saturated rings. The summed E-state index contributed by atoms with van der Waals surface area (Å²) in [6.07, 6.45) is -2.82. The van der Waals surface area contributed by atoms with Gasteiger partial charge in [-0.15, -0.1) is 0 Å². The van der Waals surface area contributed by atoms with Gasteiger partial charge in [0.2, 0.25) is 0 Å². The van der Waals surface area contributed by atoms with Gasteiger partial charge < -0.3 is 9.84 Å². The predicted octanol–water partition coefficient (Wildman–Crippen LogP) is 3.31. The van der Waals surface area contributed by atoms with Crippen LogP contribution in [0.1, 0.15) is 36.5 Å². The van der Waals surface area contributed by atoms with Gasteiger partial charge in [-0.25, -0.2) is 0 Å². The lowest BCUT2D eigenvalue weighted by Gasteiger charge is -2.27. The number of hydrogen-bond donors (Lipinski definition) is 1. The summed E-state index contributed by atoms with van der Waals surface area (Å²) in [6.45, 7) is 0.600. The van der Waals surface area contributed by atoms with Crippen LogP contribution in [0, 0.1) is 0 Å². The SMILES string of the molecule is OC(c1ccc(C(F)(F)F)cc1)C1CCCCO1. The van der Waals surface area contributed by atoms with Crippen molar-refractivity contribution in [3.63, 3.8) is 0 Å². The van der Waals surface area contributed by atoms with Crippen molar-refractivity contribution < 1.29 is 23.0 Å². The first kappa shape index (κ1) is 13.4. The Hall–Kier alpha value is -1.07. The van der Waals surface area contributed by atoms with Crippen LogP contribution in [0.2, 0.25) is 0 Å². The van der Waals surface area contributed by atoms with Crippen LogP contribution < -0.4 is 0 Å². The monoisotopic (exact) mass is 260 g/mol. The molecule has 0 aliphatic carbocycles. The Morgan fingerprint density at radius 2 is 1.83 bits per heavy atom. The van der Waals surface area contributed by atoms with Gasteiger partial charge >= 0.3 is 6.18 Å². The van der Waals surface area contributed by atoms with Crippen molar-refractivity contribution in [2.24, 2.45) is 0 Å². The molecule has 0 saturated carbocycles. The van der Waals surface area contributed by atoms with Crippen molar-refractivity contribution in [3.05, 3.63) is 35.4 Å². The van der Waals surface area contributed by atoms with Crippen molar-refractivity contribution in [2.75, 3.05) is 6.61 Å². The fraction of sp³-hybridized carbons (Fsp3) is 0.538. The highest BCUT2D eigenvalue weighted by Gasteiger charge is 2.31. The molecule has 0 amide bonds. The Morgan fingerprint density at radius 1 is 1.17 bits per heavy atom. The van der Waals surface area contributed by atoms with Crippen LogP contribution in [0.5, 0.6) is 0 Å². The maximum Gasteiger partial charge on any atom is 0.416 e. The molecule has 2 rings (SSSR count). The van der Waals surface area contributed by atoms with Gasteiger partial charge in [-0.05, 0) is 37.0 Å². The third-order valence-corrected chi connectivity index (χ3v) is 3.15. The fourth-order valence-corrected chi connectivity index (χ4v) is 2.10. The lowest BCUT2D eigenvalue weighted by Crippen LogP contribution is -2.26. The van der Waals surface area contributed by atoms with Crippen molar-refractivity contribution in [1.82, 2.24) is 0 Å². The molecule has 2 unspecified atom stereocenters. The molecule has 1 saturated heterocycles. The van der Waals surface area contributed by atoms with Crippen molar-refractivity contribution in [2.45, 2.75) is 37.6 Å². The molecule has 18 heavy (non-hydrogen) atoms. The van der Waals surface area contributed by atoms with E-state index in [4.69, 9.17) is 4.74 Å². The zero-order valence-corrected chi connectivity index (χ0v) is 9.78. The summed E-state index contributed by atoms with van der Waals surface area (Å²) in [7, 11) is 0. The second-order valence-electron chi connectivity index (χ2n) is 4.47. The Balaban J connectivity index is 2.09. The second-order valence-corrected chi connectivity index (χ2v) is 4.47. The van der Waals surface area contributed by atoms with Crippen molar-refractivity contribution in [3.8, 4) is 0 Å². The number of aliphatic hydroxyl groups is 1. The number of alkyl halides is 3. The van der Waals surface area contributed by atoms with E-state index >= 15 is 0 Å². The minimum atomic E-state index is -4.34. The van der Waals surface area contributed by atoms with E-state index in [0.29, 0.717) is 12.2 Å². The molecule has 1 aliphatic rings. The van der Waals surface area contributed by atoms with Crippen LogP contribution in [0.3, 0.4) is 0 Å². The zero-order chi connectivity index (χ0) is 13.2. The van der Waals surface area contributed by atoms with Crippen molar-refractivity contribution in [1.29, 1.82) is 0 Å². The number of benzene rings is 1. The molecule has 1 aliphatic heterocycles. The summed E-state index contributed by atoms with van der Waals surface area (Å²) >= 11 is 0. The van der Waals surface area contributed by atoms with E-state index in [9.17, 15) is 18.3 Å². The Bertz CT molecular complexity index is 380. The van der Waals surface area contributed by atoms with Crippen molar-refractivity contribution >= 4 is 0 Å². The normalized spacial score (nSPS) is 22.8. The molecule has 1 aromatic carbocycles. The van der Waals surface area contributed by atoms with Crippen LogP contribution in [0.4, 0.5) is 13.2 Å². The van der Waals surface area contributed by atoms with E-state index in [-0.39, 0.29) is 6.10 Å². The highest BCUT2D eigenvalue weighted by Crippen LogP contribution is 2.31. The standard InChI is InChI=1S/C13H15F3O2/c14-13(15,16)10-6-4-9(5-7-10)12(17)11-3-1-2-8-18-11/h4-7,11-12,17H,1-3,8H2. The summed E-state index contributed by atoms with van der Waals surface area (Å²) in [5.74, 6) is 0. The average molecular weight is 260 g/mol. The molecule has 2 atom stereocenters. The van der Waals surface area contributed by atoms with Gasteiger partial charge in [0.25, 0.3) is 0 Å². The number of aliphatic hydroxyl groups excluding tert-OH is 1. The zero-order valence-electron chi connectivity index (χ0n) is 9.78. The first-order chi connectivity index (χ1) is 8.48. The Morgan fingerprint density at radius 3 is 2.33 bits per heavy atom. The highest BCUT2D eigenvalue weighted by atomic mass is 19.4. The summed E-state index contributed by atoms with van der Waals surface area (Å²) in [4.78, 5) is 0. The first-order valence-electron chi connectivity index (χ1n) is 5.95. The summed E-state index contributed by atoms with van der Waals surface area (Å²) < 4.78 is 42.6. The second kappa shape index (κ2) is 5.28. The minimum Gasteiger partial charge on any atom is -0.386 e. The number of halogens is 3. The lowest BCUT2D eigenvalue weighted by molar-refractivity contribution is -0.137. The molecule has 0 aromatic heterocycles. The minimum absolute atomic E-state index is 0.310. The smallest absolute Gasteiger partial charge is 0.386 e. The van der Waals surface area contributed by atoms with E-state index in [2.05, 4.69) is 0 Å². The molecular formula is C13H15F3O2. The molecule has 5 heteroatoms. The fourth-order valence-electron chi connectivity index (χ4n) is 2.10. The average Bonchev–Trinajstić information content (AvgIpc) is 2.38. The molecule has 0 spiro atoms. The summed E-state index contributed by atoms with van der Waals surface area (Å²) in [5.41, 5.74) is -0.238. The molecule has 0 bridgehead atoms. The van der Waals surface area contributed by atoms with Gasteiger partial charge in [-0.2, -0.15) is 13.2 Å². The number of rotatable bonds is 2. The van der Waals surface area contributed by atoms with Crippen LogP contribution in [-0.2, 0) is 10.9 Å². The van der Waals surface area contributed by atoms with Crippen LogP contribution >= 0.6 is 0 Å². The molecular weight excluding hydrogens is 245 g/mol. The molecule has 1 heterocycles. The van der Waals surface area contributed by atoms with Crippen LogP contribution in [0.25, 0.3) is 0 Å². The molecule has 1 aromatic rings. The van der Waals surface area contributed by atoms with E-state index < -0.39 is 17.8 Å². The summed E-state index contributed by atoms with van der Waals surface area (Å²) in [6, 6.07) is 4.60. The number of ether oxygens (including phenoxy) is 1. The molecule has 0 radical (unpaired) electrons. The highest BCUT2D eigenvalue weighted by molar-refractivity contribution is 5.26. The van der Waals surface area contributed by atoms with Gasteiger partial charge in [-0.3, -0.25) is 0 Å². The van der Waals surface area contributed by atoms with Gasteiger partial charge in [0.1, 0.15) is 6.10 Å². The largest absolute Gasteiger partial charge is 0.416 e. The van der Waals surface area contributed by atoms with Crippen LogP contribution in [-0.4, -0.2) is 17.8 Å². The Labute approximate surface area is 103 Å². The van der Waals surface area contributed by atoms with E-state index in [1.54, 1.807) is 0 Å². The van der Waals surface area contributed by atoms with E-state index in [0.717, 1.165) is 31.4 Å². The van der Waals surface area contributed by atoms with Gasteiger partial charge in [0, 0.05) is 6.61 Å². The van der Waals surface area contributed by atoms with Gasteiger partial charge in [-0.1, -0.05) is 12.1 Å². The number of hydrogen-bond acceptors (Lipinski definition) is 2. The third kappa shape index (κ3) is 3.03. The Kier molecular flexibility index (Phi) is 3.92. The predicted molar refractivity (Wildman–Crippen MR) is 60.0 cm³/mol. The van der Waals surface area contributed by atoms with Crippen LogP contribution in [0.15, 0.2) is 24.3 Å². The quantitative estimate of drug-likeness (QED) is 0.884. The van der Waals surface area contributed by atoms with Gasteiger partial charge in [0.15, 0.2) is 0 Å².